The lowest BCUT2D eigenvalue weighted by atomic mass is 10.2. The summed E-state index contributed by atoms with van der Waals surface area (Å²) < 4.78 is 27.2. The average molecular weight is 287 g/mol. The van der Waals surface area contributed by atoms with E-state index in [0.717, 1.165) is 0 Å². The van der Waals surface area contributed by atoms with E-state index in [-0.39, 0.29) is 10.5 Å². The van der Waals surface area contributed by atoms with E-state index in [0.29, 0.717) is 16.9 Å². The maximum absolute atomic E-state index is 12.4. The first kappa shape index (κ1) is 13.9. The van der Waals surface area contributed by atoms with E-state index in [2.05, 4.69) is 4.72 Å². The van der Waals surface area contributed by atoms with Gasteiger partial charge >= 0.3 is 0 Å². The highest BCUT2D eigenvalue weighted by molar-refractivity contribution is 7.92. The van der Waals surface area contributed by atoms with E-state index in [1.807, 2.05) is 6.07 Å². The van der Waals surface area contributed by atoms with E-state index < -0.39 is 10.0 Å². The number of nitrogens with two attached hydrogens (primary N) is 1. The van der Waals surface area contributed by atoms with Gasteiger partial charge in [-0.25, -0.2) is 8.42 Å². The molecule has 2 aromatic carbocycles. The van der Waals surface area contributed by atoms with Gasteiger partial charge in [-0.15, -0.1) is 0 Å². The Morgan fingerprint density at radius 3 is 2.50 bits per heavy atom. The number of para-hydroxylation sites is 1. The van der Waals surface area contributed by atoms with Gasteiger partial charge in [-0.2, -0.15) is 5.26 Å². The molecule has 102 valence electrons. The van der Waals surface area contributed by atoms with Crippen LogP contribution in [0.25, 0.3) is 0 Å². The first-order valence-electron chi connectivity index (χ1n) is 5.83. The zero-order chi connectivity index (χ0) is 14.8. The van der Waals surface area contributed by atoms with Crippen molar-refractivity contribution in [3.8, 4) is 6.07 Å². The molecule has 2 aromatic rings. The van der Waals surface area contributed by atoms with Gasteiger partial charge in [-0.05, 0) is 30.7 Å². The zero-order valence-corrected chi connectivity index (χ0v) is 11.6. The summed E-state index contributed by atoms with van der Waals surface area (Å²) >= 11 is 0. The van der Waals surface area contributed by atoms with Crippen molar-refractivity contribution in [1.82, 2.24) is 0 Å². The van der Waals surface area contributed by atoms with Gasteiger partial charge in [-0.1, -0.05) is 24.3 Å². The number of nitriles is 1. The minimum absolute atomic E-state index is 0.0647. The molecule has 20 heavy (non-hydrogen) atoms. The standard InChI is InChI=1S/C14H13N3O2S/c1-10-5-4-7-12(16)14(10)17-20(18,19)13-8-3-2-6-11(13)9-15/h2-8,17H,16H2,1H3. The number of nitrogen functional groups attached to an aromatic ring is 1. The van der Waals surface area contributed by atoms with Crippen molar-refractivity contribution in [1.29, 1.82) is 5.26 Å². The third kappa shape index (κ3) is 2.58. The lowest BCUT2D eigenvalue weighted by Gasteiger charge is -2.13. The molecular formula is C14H13N3O2S. The van der Waals surface area contributed by atoms with Crippen molar-refractivity contribution in [2.24, 2.45) is 0 Å². The molecule has 0 amide bonds. The number of aryl methyl sites for hydroxylation is 1. The molecule has 0 bridgehead atoms. The van der Waals surface area contributed by atoms with Gasteiger partial charge < -0.3 is 5.73 Å². The maximum atomic E-state index is 12.4. The normalized spacial score (nSPS) is 10.8. The molecule has 0 atom stereocenters. The Morgan fingerprint density at radius 2 is 1.85 bits per heavy atom. The van der Waals surface area contributed by atoms with Crippen molar-refractivity contribution >= 4 is 21.4 Å². The van der Waals surface area contributed by atoms with Gasteiger partial charge in [0.05, 0.1) is 16.9 Å². The second-order valence-electron chi connectivity index (χ2n) is 4.25. The summed E-state index contributed by atoms with van der Waals surface area (Å²) in [4.78, 5) is -0.0647. The Balaban J connectivity index is 2.50. The van der Waals surface area contributed by atoms with Crippen LogP contribution in [0.15, 0.2) is 47.4 Å². The van der Waals surface area contributed by atoms with Crippen molar-refractivity contribution in [2.45, 2.75) is 11.8 Å². The van der Waals surface area contributed by atoms with Gasteiger partial charge in [-0.3, -0.25) is 4.72 Å². The Hall–Kier alpha value is -2.52. The van der Waals surface area contributed by atoms with Gasteiger partial charge in [0.2, 0.25) is 0 Å². The van der Waals surface area contributed by atoms with Crippen molar-refractivity contribution < 1.29 is 8.42 Å². The van der Waals surface area contributed by atoms with Crippen LogP contribution in [-0.4, -0.2) is 8.42 Å². The Labute approximate surface area is 117 Å². The number of rotatable bonds is 3. The molecule has 0 unspecified atom stereocenters. The molecule has 0 aliphatic rings. The third-order valence-electron chi connectivity index (χ3n) is 2.84. The Bertz CT molecular complexity index is 772. The molecular weight excluding hydrogens is 274 g/mol. The highest BCUT2D eigenvalue weighted by Gasteiger charge is 2.20. The van der Waals surface area contributed by atoms with E-state index in [4.69, 9.17) is 11.0 Å². The molecule has 3 N–H and O–H groups in total. The van der Waals surface area contributed by atoms with Crippen molar-refractivity contribution in [3.63, 3.8) is 0 Å². The molecule has 0 heterocycles. The average Bonchev–Trinajstić information content (AvgIpc) is 2.43. The van der Waals surface area contributed by atoms with Crippen LogP contribution in [0.2, 0.25) is 0 Å². The molecule has 0 saturated carbocycles. The molecule has 5 nitrogen and oxygen atoms in total. The largest absolute Gasteiger partial charge is 0.397 e. The second-order valence-corrected chi connectivity index (χ2v) is 5.90. The van der Waals surface area contributed by atoms with Crippen LogP contribution in [0.4, 0.5) is 11.4 Å². The fourth-order valence-corrected chi connectivity index (χ4v) is 3.13. The molecule has 0 aliphatic heterocycles. The summed E-state index contributed by atoms with van der Waals surface area (Å²) in [5, 5.41) is 8.99. The van der Waals surface area contributed by atoms with Crippen LogP contribution in [0.1, 0.15) is 11.1 Å². The fourth-order valence-electron chi connectivity index (χ4n) is 1.81. The van der Waals surface area contributed by atoms with Crippen LogP contribution < -0.4 is 10.5 Å². The summed E-state index contributed by atoms with van der Waals surface area (Å²) in [6.45, 7) is 1.75. The van der Waals surface area contributed by atoms with Crippen LogP contribution in [-0.2, 0) is 10.0 Å². The van der Waals surface area contributed by atoms with Crippen LogP contribution in [0.5, 0.6) is 0 Å². The molecule has 0 fully saturated rings. The molecule has 0 spiro atoms. The number of hydrogen-bond acceptors (Lipinski definition) is 4. The Kier molecular flexibility index (Phi) is 3.63. The van der Waals surface area contributed by atoms with Gasteiger partial charge in [0, 0.05) is 0 Å². The number of sulfonamides is 1. The van der Waals surface area contributed by atoms with Crippen LogP contribution >= 0.6 is 0 Å². The summed E-state index contributed by atoms with van der Waals surface area (Å²) in [6, 6.07) is 13.0. The minimum atomic E-state index is -3.85. The first-order valence-corrected chi connectivity index (χ1v) is 7.31. The summed E-state index contributed by atoms with van der Waals surface area (Å²) in [5.74, 6) is 0. The predicted molar refractivity (Wildman–Crippen MR) is 77.6 cm³/mol. The number of anilines is 2. The van der Waals surface area contributed by atoms with Gasteiger partial charge in [0.25, 0.3) is 10.0 Å². The SMILES string of the molecule is Cc1cccc(N)c1NS(=O)(=O)c1ccccc1C#N. The van der Waals surface area contributed by atoms with Crippen molar-refractivity contribution in [2.75, 3.05) is 10.5 Å². The smallest absolute Gasteiger partial charge is 0.263 e. The van der Waals surface area contributed by atoms with E-state index >= 15 is 0 Å². The quantitative estimate of drug-likeness (QED) is 0.846. The molecule has 0 radical (unpaired) electrons. The lowest BCUT2D eigenvalue weighted by molar-refractivity contribution is 0.601. The lowest BCUT2D eigenvalue weighted by Crippen LogP contribution is -2.16. The van der Waals surface area contributed by atoms with Crippen LogP contribution in [0.3, 0.4) is 0 Å². The predicted octanol–water partition coefficient (Wildman–Crippen LogP) is 2.25. The molecule has 2 rings (SSSR count). The van der Waals surface area contributed by atoms with Gasteiger partial charge in [0.1, 0.15) is 11.0 Å². The minimum Gasteiger partial charge on any atom is -0.397 e. The van der Waals surface area contributed by atoms with E-state index in [1.54, 1.807) is 37.3 Å². The van der Waals surface area contributed by atoms with Gasteiger partial charge in [0.15, 0.2) is 0 Å². The first-order chi connectivity index (χ1) is 9.45. The molecule has 6 heteroatoms. The fraction of sp³-hybridized carbons (Fsp3) is 0.0714. The topological polar surface area (TPSA) is 96.0 Å². The zero-order valence-electron chi connectivity index (χ0n) is 10.8. The highest BCUT2D eigenvalue weighted by Crippen LogP contribution is 2.26. The number of nitrogens with zero attached hydrogens (tertiary/aromatic N) is 1. The Morgan fingerprint density at radius 1 is 1.15 bits per heavy atom. The number of nitrogens with one attached hydrogen (secondary N) is 1. The highest BCUT2D eigenvalue weighted by atomic mass is 32.2. The summed E-state index contributed by atoms with van der Waals surface area (Å²) in [5.41, 5.74) is 7.26. The van der Waals surface area contributed by atoms with E-state index in [9.17, 15) is 8.42 Å². The number of benzene rings is 2. The number of hydrogen-bond donors (Lipinski definition) is 2. The molecule has 0 saturated heterocycles. The second kappa shape index (κ2) is 5.23. The van der Waals surface area contributed by atoms with Crippen molar-refractivity contribution in [3.05, 3.63) is 53.6 Å². The molecule has 0 aromatic heterocycles. The van der Waals surface area contributed by atoms with E-state index in [1.165, 1.54) is 12.1 Å². The molecule has 0 aliphatic carbocycles. The monoisotopic (exact) mass is 287 g/mol. The summed E-state index contributed by atoms with van der Waals surface area (Å²) in [6.07, 6.45) is 0. The van der Waals surface area contributed by atoms with Crippen LogP contribution in [0, 0.1) is 18.3 Å². The maximum Gasteiger partial charge on any atom is 0.263 e. The summed E-state index contributed by atoms with van der Waals surface area (Å²) in [7, 11) is -3.85. The third-order valence-corrected chi connectivity index (χ3v) is 4.25.